The molecule has 0 saturated carbocycles. The van der Waals surface area contributed by atoms with E-state index in [2.05, 4.69) is 38.2 Å². The molecule has 0 fully saturated rings. The normalized spacial score (nSPS) is 15.7. The van der Waals surface area contributed by atoms with Crippen molar-refractivity contribution in [1.82, 2.24) is 25.1 Å². The predicted molar refractivity (Wildman–Crippen MR) is 144 cm³/mol. The third-order valence-corrected chi connectivity index (χ3v) is 6.64. The van der Waals surface area contributed by atoms with Crippen LogP contribution in [0, 0.1) is 0 Å². The number of halogens is 1. The van der Waals surface area contributed by atoms with Gasteiger partial charge in [0.15, 0.2) is 0 Å². The SMILES string of the molecule is CNc1ccc2c(c1)NCCCCC[C@H](NC(=O)c1cnn(-c3cccc(Cl)c3)c1N)c1nc-2c[nH]1. The minimum absolute atomic E-state index is 0.253. The number of hydrogen-bond donors (Lipinski definition) is 5. The molecule has 5 rings (SSSR count). The van der Waals surface area contributed by atoms with E-state index in [0.717, 1.165) is 54.9 Å². The maximum Gasteiger partial charge on any atom is 0.257 e. The van der Waals surface area contributed by atoms with Gasteiger partial charge in [-0.25, -0.2) is 9.67 Å². The molecule has 36 heavy (non-hydrogen) atoms. The number of nitrogen functional groups attached to an aromatic ring is 1. The number of nitrogens with one attached hydrogen (secondary N) is 4. The zero-order valence-electron chi connectivity index (χ0n) is 20.0. The molecule has 2 aromatic carbocycles. The number of nitrogens with two attached hydrogens (primary N) is 1. The first-order chi connectivity index (χ1) is 17.5. The zero-order chi connectivity index (χ0) is 25.1. The number of amides is 1. The van der Waals surface area contributed by atoms with Crippen LogP contribution in [-0.4, -0.2) is 39.2 Å². The summed E-state index contributed by atoms with van der Waals surface area (Å²) in [5.41, 5.74) is 11.2. The number of fused-ring (bicyclic) bond motifs is 4. The van der Waals surface area contributed by atoms with Crippen LogP contribution in [0.25, 0.3) is 16.9 Å². The van der Waals surface area contributed by atoms with Crippen molar-refractivity contribution in [2.45, 2.75) is 31.7 Å². The molecule has 0 radical (unpaired) electrons. The molecule has 1 amide bonds. The first kappa shape index (κ1) is 23.7. The van der Waals surface area contributed by atoms with Crippen LogP contribution in [0.15, 0.2) is 54.9 Å². The Hall–Kier alpha value is -3.98. The molecule has 0 spiro atoms. The van der Waals surface area contributed by atoms with E-state index >= 15 is 0 Å². The number of nitrogens with zero attached hydrogens (tertiary/aromatic N) is 3. The van der Waals surface area contributed by atoms with Gasteiger partial charge in [-0.2, -0.15) is 5.10 Å². The molecule has 1 aliphatic rings. The number of carbonyl (C=O) groups is 1. The Kier molecular flexibility index (Phi) is 6.81. The van der Waals surface area contributed by atoms with Crippen LogP contribution in [0.2, 0.25) is 5.02 Å². The quantitative estimate of drug-likeness (QED) is 0.266. The summed E-state index contributed by atoms with van der Waals surface area (Å²) < 4.78 is 1.51. The summed E-state index contributed by atoms with van der Waals surface area (Å²) in [6, 6.07) is 13.1. The lowest BCUT2D eigenvalue weighted by Crippen LogP contribution is -2.30. The number of anilines is 3. The Labute approximate surface area is 214 Å². The van der Waals surface area contributed by atoms with Crippen molar-refractivity contribution >= 4 is 34.7 Å². The first-order valence-electron chi connectivity index (χ1n) is 12.0. The van der Waals surface area contributed by atoms with Gasteiger partial charge in [0.2, 0.25) is 0 Å². The number of aromatic amines is 1. The lowest BCUT2D eigenvalue weighted by Gasteiger charge is -2.18. The molecule has 2 aromatic heterocycles. The van der Waals surface area contributed by atoms with Gasteiger partial charge in [-0.05, 0) is 49.2 Å². The van der Waals surface area contributed by atoms with Gasteiger partial charge in [0, 0.05) is 41.8 Å². The van der Waals surface area contributed by atoms with E-state index in [9.17, 15) is 4.79 Å². The van der Waals surface area contributed by atoms with Gasteiger partial charge < -0.3 is 26.7 Å². The zero-order valence-corrected chi connectivity index (χ0v) is 20.8. The van der Waals surface area contributed by atoms with Gasteiger partial charge >= 0.3 is 0 Å². The number of benzene rings is 2. The minimum atomic E-state index is -0.295. The highest BCUT2D eigenvalue weighted by atomic mass is 35.5. The third kappa shape index (κ3) is 4.87. The molecule has 1 aliphatic heterocycles. The average Bonchev–Trinajstić information content (AvgIpc) is 3.52. The lowest BCUT2D eigenvalue weighted by molar-refractivity contribution is 0.0933. The molecule has 6 N–H and O–H groups in total. The summed E-state index contributed by atoms with van der Waals surface area (Å²) in [6.45, 7) is 0.869. The molecule has 0 aliphatic carbocycles. The van der Waals surface area contributed by atoms with E-state index in [4.69, 9.17) is 22.3 Å². The summed E-state index contributed by atoms with van der Waals surface area (Å²) in [4.78, 5) is 21.4. The summed E-state index contributed by atoms with van der Waals surface area (Å²) in [5.74, 6) is 0.670. The fourth-order valence-electron chi connectivity index (χ4n) is 4.46. The molecule has 1 atom stereocenters. The fourth-order valence-corrected chi connectivity index (χ4v) is 4.64. The molecular formula is C26H29ClN8O. The van der Waals surface area contributed by atoms with Crippen molar-refractivity contribution in [3.8, 4) is 16.9 Å². The maximum atomic E-state index is 13.3. The molecular weight excluding hydrogens is 476 g/mol. The van der Waals surface area contributed by atoms with Gasteiger partial charge in [-0.15, -0.1) is 0 Å². The summed E-state index contributed by atoms with van der Waals surface area (Å²) in [5, 5.41) is 14.7. The van der Waals surface area contributed by atoms with Gasteiger partial charge in [0.25, 0.3) is 5.91 Å². The van der Waals surface area contributed by atoms with E-state index in [1.165, 1.54) is 10.9 Å². The second-order valence-electron chi connectivity index (χ2n) is 8.82. The number of imidazole rings is 1. The molecule has 186 valence electrons. The van der Waals surface area contributed by atoms with Gasteiger partial charge in [0.1, 0.15) is 17.2 Å². The number of aromatic nitrogens is 4. The van der Waals surface area contributed by atoms with Crippen molar-refractivity contribution < 1.29 is 4.79 Å². The van der Waals surface area contributed by atoms with Crippen molar-refractivity contribution in [3.63, 3.8) is 0 Å². The van der Waals surface area contributed by atoms with Crippen molar-refractivity contribution in [1.29, 1.82) is 0 Å². The standard InChI is InChI=1S/C26H29ClN8O/c1-29-17-9-10-19-22(13-17)30-11-4-2-3-8-21(25-31-15-23(19)33-25)34-26(36)20-14-32-35(24(20)28)18-7-5-6-16(27)12-18/h5-7,9-10,12-15,21,29-30H,2-4,8,11,28H2,1H3,(H,31,33)(H,34,36)/t21-/m0/s1. The number of H-pyrrole nitrogens is 1. The highest BCUT2D eigenvalue weighted by Crippen LogP contribution is 2.32. The van der Waals surface area contributed by atoms with Gasteiger partial charge in [0.05, 0.1) is 23.6 Å². The second-order valence-corrected chi connectivity index (χ2v) is 9.26. The minimum Gasteiger partial charge on any atom is -0.388 e. The topological polar surface area (TPSA) is 126 Å². The third-order valence-electron chi connectivity index (χ3n) is 6.41. The summed E-state index contributed by atoms with van der Waals surface area (Å²) in [7, 11) is 1.91. The predicted octanol–water partition coefficient (Wildman–Crippen LogP) is 5.00. The molecule has 0 saturated heterocycles. The molecule has 9 nitrogen and oxygen atoms in total. The van der Waals surface area contributed by atoms with E-state index in [1.807, 2.05) is 31.4 Å². The Morgan fingerprint density at radius 2 is 2.08 bits per heavy atom. The van der Waals surface area contributed by atoms with E-state index in [-0.39, 0.29) is 17.8 Å². The number of hydrogen-bond acceptors (Lipinski definition) is 6. The van der Waals surface area contributed by atoms with E-state index < -0.39 is 0 Å². The highest BCUT2D eigenvalue weighted by Gasteiger charge is 2.23. The summed E-state index contributed by atoms with van der Waals surface area (Å²) >= 11 is 6.11. The Morgan fingerprint density at radius 1 is 1.19 bits per heavy atom. The van der Waals surface area contributed by atoms with Gasteiger partial charge in [-0.1, -0.05) is 30.5 Å². The molecule has 4 aromatic rings. The largest absolute Gasteiger partial charge is 0.388 e. The van der Waals surface area contributed by atoms with Crippen LogP contribution in [0.3, 0.4) is 0 Å². The van der Waals surface area contributed by atoms with E-state index in [1.54, 1.807) is 12.1 Å². The number of rotatable bonds is 4. The molecule has 0 unspecified atom stereocenters. The smallest absolute Gasteiger partial charge is 0.257 e. The van der Waals surface area contributed by atoms with Crippen molar-refractivity contribution in [2.24, 2.45) is 0 Å². The molecule has 10 heteroatoms. The maximum absolute atomic E-state index is 13.3. The second kappa shape index (κ2) is 10.3. The van der Waals surface area contributed by atoms with Crippen LogP contribution in [-0.2, 0) is 0 Å². The average molecular weight is 505 g/mol. The Morgan fingerprint density at radius 3 is 2.92 bits per heavy atom. The molecule has 2 bridgehead atoms. The molecule has 3 heterocycles. The van der Waals surface area contributed by atoms with Crippen LogP contribution < -0.4 is 21.7 Å². The van der Waals surface area contributed by atoms with Crippen LogP contribution in [0.1, 0.15) is 47.9 Å². The van der Waals surface area contributed by atoms with Gasteiger partial charge in [-0.3, -0.25) is 4.79 Å². The van der Waals surface area contributed by atoms with Crippen LogP contribution >= 0.6 is 11.6 Å². The number of carbonyl (C=O) groups excluding carboxylic acids is 1. The Bertz CT molecular complexity index is 1380. The highest BCUT2D eigenvalue weighted by molar-refractivity contribution is 6.30. The summed E-state index contributed by atoms with van der Waals surface area (Å²) in [6.07, 6.45) is 7.13. The fraction of sp³-hybridized carbons (Fsp3) is 0.269. The van der Waals surface area contributed by atoms with Crippen LogP contribution in [0.4, 0.5) is 17.2 Å². The van der Waals surface area contributed by atoms with Crippen LogP contribution in [0.5, 0.6) is 0 Å². The first-order valence-corrected chi connectivity index (χ1v) is 12.4. The van der Waals surface area contributed by atoms with Crippen molar-refractivity contribution in [3.05, 3.63) is 71.3 Å². The lowest BCUT2D eigenvalue weighted by atomic mass is 10.1. The van der Waals surface area contributed by atoms with Crippen molar-refractivity contribution in [2.75, 3.05) is 30.0 Å². The monoisotopic (exact) mass is 504 g/mol. The Balaban J connectivity index is 1.41. The van der Waals surface area contributed by atoms with E-state index in [0.29, 0.717) is 22.1 Å².